The van der Waals surface area contributed by atoms with Crippen LogP contribution in [0.1, 0.15) is 27.7 Å². The van der Waals surface area contributed by atoms with Gasteiger partial charge in [-0.25, -0.2) is 9.67 Å². The molecular formula is C29H29N7O4. The van der Waals surface area contributed by atoms with E-state index in [9.17, 15) is 4.79 Å². The van der Waals surface area contributed by atoms with Crippen LogP contribution >= 0.6 is 0 Å². The monoisotopic (exact) mass is 539 g/mol. The van der Waals surface area contributed by atoms with Crippen molar-refractivity contribution in [3.8, 4) is 40.2 Å². The summed E-state index contributed by atoms with van der Waals surface area (Å²) >= 11 is 0. The van der Waals surface area contributed by atoms with E-state index in [-0.39, 0.29) is 5.91 Å². The molecule has 40 heavy (non-hydrogen) atoms. The second-order valence-electron chi connectivity index (χ2n) is 9.14. The van der Waals surface area contributed by atoms with E-state index in [2.05, 4.69) is 25.5 Å². The molecule has 1 amide bonds. The number of aromatic nitrogens is 6. The van der Waals surface area contributed by atoms with Crippen molar-refractivity contribution in [3.05, 3.63) is 83.6 Å². The van der Waals surface area contributed by atoms with Gasteiger partial charge in [0.05, 0.1) is 25.6 Å². The average Bonchev–Trinajstić information content (AvgIpc) is 3.49. The van der Waals surface area contributed by atoms with Gasteiger partial charge in [0, 0.05) is 30.1 Å². The third kappa shape index (κ3) is 5.48. The van der Waals surface area contributed by atoms with Gasteiger partial charge in [-0.05, 0) is 75.4 Å². The summed E-state index contributed by atoms with van der Waals surface area (Å²) in [6.45, 7) is 5.70. The molecule has 3 heterocycles. The van der Waals surface area contributed by atoms with Gasteiger partial charge in [0.1, 0.15) is 28.8 Å². The summed E-state index contributed by atoms with van der Waals surface area (Å²) in [5.41, 5.74) is 4.15. The van der Waals surface area contributed by atoms with Crippen LogP contribution in [0.5, 0.6) is 23.1 Å². The Kier molecular flexibility index (Phi) is 7.19. The van der Waals surface area contributed by atoms with Crippen LogP contribution in [-0.2, 0) is 7.05 Å². The molecule has 5 aromatic rings. The van der Waals surface area contributed by atoms with Gasteiger partial charge in [0.15, 0.2) is 5.82 Å². The zero-order chi connectivity index (χ0) is 28.4. The van der Waals surface area contributed by atoms with Crippen molar-refractivity contribution in [2.45, 2.75) is 20.8 Å². The molecule has 2 aromatic carbocycles. The fourth-order valence-corrected chi connectivity index (χ4v) is 4.29. The van der Waals surface area contributed by atoms with Gasteiger partial charge in [-0.3, -0.25) is 9.48 Å². The molecule has 0 bridgehead atoms. The standard InChI is InChI=1S/C29H29N7O4/c1-17-13-18(2)36(33-17)27-16-28(31-19(3)30-27)40-21-9-7-20(8-10-21)32-29(37)25-15-24(34-35(25)4)23-14-22(38-5)11-12-26(23)39-6/h7-16H,1-6H3,(H,32,37). The summed E-state index contributed by atoms with van der Waals surface area (Å²) in [4.78, 5) is 22.0. The molecule has 0 saturated carbocycles. The Bertz CT molecular complexity index is 1690. The van der Waals surface area contributed by atoms with Crippen molar-refractivity contribution in [2.75, 3.05) is 19.5 Å². The van der Waals surface area contributed by atoms with E-state index in [1.165, 1.54) is 4.68 Å². The topological polar surface area (TPSA) is 118 Å². The summed E-state index contributed by atoms with van der Waals surface area (Å²) in [5, 5.41) is 11.9. The first-order valence-corrected chi connectivity index (χ1v) is 12.5. The van der Waals surface area contributed by atoms with Crippen LogP contribution in [0.2, 0.25) is 0 Å². The zero-order valence-electron chi connectivity index (χ0n) is 23.1. The van der Waals surface area contributed by atoms with E-state index >= 15 is 0 Å². The SMILES string of the molecule is COc1ccc(OC)c(-c2cc(C(=O)Nc3ccc(Oc4cc(-n5nc(C)cc5C)nc(C)n4)cc3)n(C)n2)c1. The van der Waals surface area contributed by atoms with Crippen LogP contribution < -0.4 is 19.5 Å². The summed E-state index contributed by atoms with van der Waals surface area (Å²) in [7, 11) is 4.89. The summed E-state index contributed by atoms with van der Waals surface area (Å²) < 4.78 is 20.1. The molecule has 0 unspecified atom stereocenters. The Hall–Kier alpha value is -5.19. The highest BCUT2D eigenvalue weighted by Crippen LogP contribution is 2.33. The molecule has 0 aliphatic heterocycles. The van der Waals surface area contributed by atoms with Gasteiger partial charge in [0.2, 0.25) is 5.88 Å². The number of carbonyl (C=O) groups is 1. The number of aryl methyl sites for hydroxylation is 4. The van der Waals surface area contributed by atoms with Crippen LogP contribution in [0, 0.1) is 20.8 Å². The van der Waals surface area contributed by atoms with Crippen LogP contribution in [0.15, 0.2) is 60.7 Å². The Morgan fingerprint density at radius 2 is 1.60 bits per heavy atom. The second kappa shape index (κ2) is 10.9. The summed E-state index contributed by atoms with van der Waals surface area (Å²) in [6.07, 6.45) is 0. The van der Waals surface area contributed by atoms with Crippen molar-refractivity contribution >= 4 is 11.6 Å². The van der Waals surface area contributed by atoms with Crippen molar-refractivity contribution in [1.82, 2.24) is 29.5 Å². The molecule has 204 valence electrons. The highest BCUT2D eigenvalue weighted by atomic mass is 16.5. The molecule has 0 aliphatic carbocycles. The van der Waals surface area contributed by atoms with E-state index in [1.54, 1.807) is 81.4 Å². The highest BCUT2D eigenvalue weighted by molar-refractivity contribution is 6.03. The van der Waals surface area contributed by atoms with Gasteiger partial charge in [-0.2, -0.15) is 15.2 Å². The fourth-order valence-electron chi connectivity index (χ4n) is 4.29. The molecule has 0 radical (unpaired) electrons. The molecule has 11 heteroatoms. The van der Waals surface area contributed by atoms with Crippen LogP contribution in [-0.4, -0.2) is 49.7 Å². The van der Waals surface area contributed by atoms with Crippen molar-refractivity contribution in [2.24, 2.45) is 7.05 Å². The number of anilines is 1. The first-order chi connectivity index (χ1) is 19.2. The number of hydrogen-bond acceptors (Lipinski definition) is 8. The van der Waals surface area contributed by atoms with Gasteiger partial charge in [-0.15, -0.1) is 0 Å². The number of methoxy groups -OCH3 is 2. The number of rotatable bonds is 8. The Labute approximate surface area is 231 Å². The minimum absolute atomic E-state index is 0.308. The summed E-state index contributed by atoms with van der Waals surface area (Å²) in [5.74, 6) is 3.12. The number of ether oxygens (including phenoxy) is 3. The predicted molar refractivity (Wildman–Crippen MR) is 150 cm³/mol. The first kappa shape index (κ1) is 26.4. The number of benzene rings is 2. The maximum Gasteiger partial charge on any atom is 0.273 e. The number of nitrogens with one attached hydrogen (secondary N) is 1. The minimum Gasteiger partial charge on any atom is -0.497 e. The molecule has 5 rings (SSSR count). The lowest BCUT2D eigenvalue weighted by Gasteiger charge is -2.10. The Morgan fingerprint density at radius 1 is 0.850 bits per heavy atom. The zero-order valence-corrected chi connectivity index (χ0v) is 23.1. The van der Waals surface area contributed by atoms with Gasteiger partial charge < -0.3 is 19.5 Å². The van der Waals surface area contributed by atoms with E-state index in [0.29, 0.717) is 51.8 Å². The largest absolute Gasteiger partial charge is 0.497 e. The lowest BCUT2D eigenvalue weighted by atomic mass is 10.1. The van der Waals surface area contributed by atoms with Crippen molar-refractivity contribution in [1.29, 1.82) is 0 Å². The molecule has 11 nitrogen and oxygen atoms in total. The quantitative estimate of drug-likeness (QED) is 0.291. The molecule has 0 aliphatic rings. The van der Waals surface area contributed by atoms with E-state index in [1.807, 2.05) is 26.0 Å². The minimum atomic E-state index is -0.308. The molecule has 1 N–H and O–H groups in total. The van der Waals surface area contributed by atoms with Crippen LogP contribution in [0.4, 0.5) is 5.69 Å². The van der Waals surface area contributed by atoms with E-state index in [4.69, 9.17) is 14.2 Å². The van der Waals surface area contributed by atoms with E-state index < -0.39 is 0 Å². The maximum atomic E-state index is 13.1. The Morgan fingerprint density at radius 3 is 2.27 bits per heavy atom. The van der Waals surface area contributed by atoms with Crippen molar-refractivity contribution in [3.63, 3.8) is 0 Å². The predicted octanol–water partition coefficient (Wildman–Crippen LogP) is 5.05. The fraction of sp³-hybridized carbons (Fsp3) is 0.207. The normalized spacial score (nSPS) is 10.8. The molecule has 0 fully saturated rings. The smallest absolute Gasteiger partial charge is 0.273 e. The average molecular weight is 540 g/mol. The molecule has 0 atom stereocenters. The number of nitrogens with zero attached hydrogens (tertiary/aromatic N) is 6. The van der Waals surface area contributed by atoms with E-state index in [0.717, 1.165) is 17.0 Å². The van der Waals surface area contributed by atoms with Gasteiger partial charge >= 0.3 is 0 Å². The van der Waals surface area contributed by atoms with Gasteiger partial charge in [0.25, 0.3) is 5.91 Å². The maximum absolute atomic E-state index is 13.1. The molecular weight excluding hydrogens is 510 g/mol. The number of amides is 1. The van der Waals surface area contributed by atoms with Crippen LogP contribution in [0.3, 0.4) is 0 Å². The first-order valence-electron chi connectivity index (χ1n) is 12.5. The number of carbonyl (C=O) groups excluding carboxylic acids is 1. The second-order valence-corrected chi connectivity index (χ2v) is 9.14. The summed E-state index contributed by atoms with van der Waals surface area (Å²) in [6, 6.07) is 17.9. The van der Waals surface area contributed by atoms with Crippen molar-refractivity contribution < 1.29 is 19.0 Å². The lowest BCUT2D eigenvalue weighted by Crippen LogP contribution is -2.15. The van der Waals surface area contributed by atoms with Gasteiger partial charge in [-0.1, -0.05) is 0 Å². The third-order valence-corrected chi connectivity index (χ3v) is 6.16. The number of hydrogen-bond donors (Lipinski definition) is 1. The lowest BCUT2D eigenvalue weighted by molar-refractivity contribution is 0.101. The highest BCUT2D eigenvalue weighted by Gasteiger charge is 2.18. The van der Waals surface area contributed by atoms with Crippen LogP contribution in [0.25, 0.3) is 17.1 Å². The Balaban J connectivity index is 1.31. The molecule has 0 saturated heterocycles. The molecule has 0 spiro atoms. The third-order valence-electron chi connectivity index (χ3n) is 6.16. The molecule has 3 aromatic heterocycles.